The molecule has 0 N–H and O–H groups in total. The van der Waals surface area contributed by atoms with Crippen LogP contribution >= 0.6 is 11.3 Å². The van der Waals surface area contributed by atoms with E-state index in [9.17, 15) is 14.4 Å². The van der Waals surface area contributed by atoms with Crippen LogP contribution in [0, 0.1) is 0 Å². The molecule has 0 atom stereocenters. The second-order valence-corrected chi connectivity index (χ2v) is 8.89. The normalized spacial score (nSPS) is 11.3. The number of aromatic nitrogens is 6. The average Bonchev–Trinajstić information content (AvgIpc) is 3.49. The molecule has 0 saturated heterocycles. The predicted octanol–water partition coefficient (Wildman–Crippen LogP) is 1.68. The van der Waals surface area contributed by atoms with E-state index in [-0.39, 0.29) is 30.2 Å². The topological polar surface area (TPSA) is 117 Å². The lowest BCUT2D eigenvalue weighted by atomic mass is 10.3. The molecule has 0 spiro atoms. The number of pyridine rings is 1. The third-order valence-electron chi connectivity index (χ3n) is 5.69. The quantitative estimate of drug-likeness (QED) is 0.355. The van der Waals surface area contributed by atoms with Crippen molar-refractivity contribution < 1.29 is 9.53 Å². The molecule has 4 aromatic heterocycles. The summed E-state index contributed by atoms with van der Waals surface area (Å²) in [7, 11) is 4.52. The monoisotopic (exact) mass is 491 g/mol. The summed E-state index contributed by atoms with van der Waals surface area (Å²) >= 11 is 1.36. The van der Waals surface area contributed by atoms with Crippen molar-refractivity contribution in [2.75, 3.05) is 12.0 Å². The van der Waals surface area contributed by atoms with Gasteiger partial charge in [-0.3, -0.25) is 28.6 Å². The van der Waals surface area contributed by atoms with Crippen LogP contribution < -0.4 is 20.9 Å². The fourth-order valence-corrected chi connectivity index (χ4v) is 4.81. The number of benzene rings is 1. The van der Waals surface area contributed by atoms with Gasteiger partial charge in [-0.1, -0.05) is 17.4 Å². The second-order valence-electron chi connectivity index (χ2n) is 7.88. The number of rotatable bonds is 6. The number of anilines is 1. The molecule has 0 aliphatic rings. The lowest BCUT2D eigenvalue weighted by Gasteiger charge is -2.20. The lowest BCUT2D eigenvalue weighted by Crippen LogP contribution is -2.38. The van der Waals surface area contributed by atoms with Crippen LogP contribution in [0.4, 0.5) is 5.13 Å². The molecule has 0 fully saturated rings. The van der Waals surface area contributed by atoms with E-state index >= 15 is 0 Å². The van der Waals surface area contributed by atoms with Crippen molar-refractivity contribution in [2.24, 2.45) is 14.1 Å². The highest BCUT2D eigenvalue weighted by atomic mass is 32.1. The Morgan fingerprint density at radius 1 is 1.11 bits per heavy atom. The molecule has 35 heavy (non-hydrogen) atoms. The van der Waals surface area contributed by atoms with Gasteiger partial charge in [0, 0.05) is 20.3 Å². The zero-order chi connectivity index (χ0) is 24.7. The van der Waals surface area contributed by atoms with Gasteiger partial charge in [0.2, 0.25) is 5.91 Å². The third kappa shape index (κ3) is 3.97. The molecular formula is C23H21N7O4S. The first-order valence-electron chi connectivity index (χ1n) is 10.6. The molecule has 0 aliphatic heterocycles. The molecule has 0 radical (unpaired) electrons. The number of methoxy groups -OCH3 is 1. The fourth-order valence-electron chi connectivity index (χ4n) is 3.80. The number of nitrogens with zero attached hydrogens (tertiary/aromatic N) is 7. The number of ether oxygens (including phenoxy) is 1. The molecule has 5 rings (SSSR count). The van der Waals surface area contributed by atoms with Crippen molar-refractivity contribution in [1.82, 2.24) is 28.7 Å². The summed E-state index contributed by atoms with van der Waals surface area (Å²) in [6, 6.07) is 11.0. The zero-order valence-electron chi connectivity index (χ0n) is 19.2. The van der Waals surface area contributed by atoms with Crippen molar-refractivity contribution >= 4 is 43.8 Å². The van der Waals surface area contributed by atoms with E-state index in [1.807, 2.05) is 30.3 Å². The molecule has 1 amide bonds. The maximum Gasteiger partial charge on any atom is 0.332 e. The van der Waals surface area contributed by atoms with Crippen LogP contribution in [0.15, 0.2) is 58.5 Å². The van der Waals surface area contributed by atoms with Crippen molar-refractivity contribution in [2.45, 2.75) is 13.1 Å². The number of fused-ring (bicyclic) bond motifs is 2. The highest BCUT2D eigenvalue weighted by Crippen LogP contribution is 2.32. The third-order valence-corrected chi connectivity index (χ3v) is 6.73. The van der Waals surface area contributed by atoms with E-state index in [2.05, 4.69) is 15.0 Å². The summed E-state index contributed by atoms with van der Waals surface area (Å²) < 4.78 is 9.92. The van der Waals surface area contributed by atoms with E-state index in [4.69, 9.17) is 4.74 Å². The zero-order valence-corrected chi connectivity index (χ0v) is 20.0. The highest BCUT2D eigenvalue weighted by molar-refractivity contribution is 7.22. The highest BCUT2D eigenvalue weighted by Gasteiger charge is 2.23. The van der Waals surface area contributed by atoms with Gasteiger partial charge >= 0.3 is 5.69 Å². The Balaban J connectivity index is 1.56. The number of hydrogen-bond donors (Lipinski definition) is 0. The maximum atomic E-state index is 13.6. The van der Waals surface area contributed by atoms with Crippen LogP contribution in [0.2, 0.25) is 0 Å². The van der Waals surface area contributed by atoms with Crippen molar-refractivity contribution in [3.8, 4) is 5.75 Å². The number of amides is 1. The predicted molar refractivity (Wildman–Crippen MR) is 132 cm³/mol. The van der Waals surface area contributed by atoms with E-state index in [0.29, 0.717) is 16.6 Å². The molecular weight excluding hydrogens is 470 g/mol. The number of carbonyl (C=O) groups is 1. The SMILES string of the molecule is COc1ccc2nc(N(Cc3ccccn3)C(=O)Cn3cnc4c3c(=O)n(C)c(=O)n4C)sc2c1. The molecule has 4 heterocycles. The van der Waals surface area contributed by atoms with Gasteiger partial charge in [0.25, 0.3) is 5.56 Å². The molecule has 0 saturated carbocycles. The van der Waals surface area contributed by atoms with Gasteiger partial charge in [0.05, 0.1) is 35.9 Å². The Hall–Kier alpha value is -4.32. The van der Waals surface area contributed by atoms with Gasteiger partial charge in [-0.2, -0.15) is 0 Å². The Kier molecular flexibility index (Phi) is 5.65. The number of hydrogen-bond acceptors (Lipinski definition) is 8. The number of aryl methyl sites for hydroxylation is 1. The van der Waals surface area contributed by atoms with Gasteiger partial charge in [0.1, 0.15) is 12.3 Å². The van der Waals surface area contributed by atoms with Crippen molar-refractivity contribution in [3.63, 3.8) is 0 Å². The molecule has 1 aromatic carbocycles. The second kappa shape index (κ2) is 8.80. The Morgan fingerprint density at radius 2 is 1.94 bits per heavy atom. The minimum Gasteiger partial charge on any atom is -0.497 e. The van der Waals surface area contributed by atoms with Crippen LogP contribution in [0.5, 0.6) is 5.75 Å². The Morgan fingerprint density at radius 3 is 2.69 bits per heavy atom. The first-order chi connectivity index (χ1) is 16.9. The summed E-state index contributed by atoms with van der Waals surface area (Å²) in [6.07, 6.45) is 3.06. The van der Waals surface area contributed by atoms with Crippen molar-refractivity contribution in [1.29, 1.82) is 0 Å². The standard InChI is InChI=1S/C23H21N7O4S/c1-27-20-19(21(32)28(2)23(27)33)29(13-25-20)12-18(31)30(11-14-6-4-5-9-24-14)22-26-16-8-7-15(34-3)10-17(16)35-22/h4-10,13H,11-12H2,1-3H3. The summed E-state index contributed by atoms with van der Waals surface area (Å²) in [5.74, 6) is 0.388. The van der Waals surface area contributed by atoms with Gasteiger partial charge in [-0.15, -0.1) is 0 Å². The van der Waals surface area contributed by atoms with Crippen LogP contribution in [0.1, 0.15) is 5.69 Å². The van der Waals surface area contributed by atoms with Crippen LogP contribution in [-0.2, 0) is 32.0 Å². The van der Waals surface area contributed by atoms with Crippen LogP contribution in [0.3, 0.4) is 0 Å². The number of carbonyl (C=O) groups excluding carboxylic acids is 1. The van der Waals surface area contributed by atoms with E-state index in [0.717, 1.165) is 14.8 Å². The van der Waals surface area contributed by atoms with Crippen LogP contribution in [-0.4, -0.2) is 41.7 Å². The molecule has 0 aliphatic carbocycles. The van der Waals surface area contributed by atoms with Crippen molar-refractivity contribution in [3.05, 3.63) is 75.5 Å². The minimum absolute atomic E-state index is 0.171. The van der Waals surface area contributed by atoms with E-state index < -0.39 is 11.2 Å². The Bertz CT molecular complexity index is 1680. The molecule has 0 unspecified atom stereocenters. The first-order valence-corrected chi connectivity index (χ1v) is 11.4. The lowest BCUT2D eigenvalue weighted by molar-refractivity contribution is -0.119. The minimum atomic E-state index is -0.517. The summed E-state index contributed by atoms with van der Waals surface area (Å²) in [6.45, 7) is 0.0236. The van der Waals surface area contributed by atoms with E-state index in [1.165, 1.54) is 45.8 Å². The molecule has 178 valence electrons. The molecule has 12 heteroatoms. The number of thiazole rings is 1. The first kappa shape index (κ1) is 22.5. The molecule has 5 aromatic rings. The Labute approximate surface area is 202 Å². The number of imidazole rings is 1. The van der Waals surface area contributed by atoms with Crippen LogP contribution in [0.25, 0.3) is 21.4 Å². The largest absolute Gasteiger partial charge is 0.497 e. The summed E-state index contributed by atoms with van der Waals surface area (Å²) in [5.41, 5.74) is 0.814. The van der Waals surface area contributed by atoms with E-state index in [1.54, 1.807) is 19.4 Å². The van der Waals surface area contributed by atoms with Gasteiger partial charge in [0.15, 0.2) is 16.3 Å². The smallest absolute Gasteiger partial charge is 0.332 e. The molecule has 0 bridgehead atoms. The maximum absolute atomic E-state index is 13.6. The fraction of sp³-hybridized carbons (Fsp3) is 0.217. The molecule has 11 nitrogen and oxygen atoms in total. The van der Waals surface area contributed by atoms with Gasteiger partial charge in [-0.25, -0.2) is 14.8 Å². The summed E-state index contributed by atoms with van der Waals surface area (Å²) in [5, 5.41) is 0.494. The summed E-state index contributed by atoms with van der Waals surface area (Å²) in [4.78, 5) is 53.4. The van der Waals surface area contributed by atoms with Gasteiger partial charge < -0.3 is 9.30 Å². The average molecular weight is 492 g/mol. The van der Waals surface area contributed by atoms with Gasteiger partial charge in [-0.05, 0) is 30.3 Å².